The predicted octanol–water partition coefficient (Wildman–Crippen LogP) is 11.3. The maximum atomic E-state index is 15.0. The van der Waals surface area contributed by atoms with Crippen molar-refractivity contribution in [3.8, 4) is 33.9 Å². The zero-order valence-corrected chi connectivity index (χ0v) is 46.4. The molecule has 4 heterocycles. The number of halogens is 4. The van der Waals surface area contributed by atoms with Gasteiger partial charge in [-0.05, 0) is 150 Å². The topological polar surface area (TPSA) is 192 Å². The van der Waals surface area contributed by atoms with Gasteiger partial charge in [0.05, 0.1) is 17.0 Å². The highest BCUT2D eigenvalue weighted by Crippen LogP contribution is 2.34. The lowest BCUT2D eigenvalue weighted by Gasteiger charge is -2.18. The van der Waals surface area contributed by atoms with Gasteiger partial charge in [0.15, 0.2) is 11.3 Å². The molecule has 82 heavy (non-hydrogen) atoms. The largest absolute Gasteiger partial charge is 0.478 e. The molecule has 0 unspecified atom stereocenters. The number of amides is 1. The Morgan fingerprint density at radius 1 is 0.524 bits per heavy atom. The van der Waals surface area contributed by atoms with E-state index in [0.717, 1.165) is 96.6 Å². The van der Waals surface area contributed by atoms with Crippen LogP contribution in [-0.2, 0) is 0 Å². The first kappa shape index (κ1) is 59.0. The van der Waals surface area contributed by atoms with Crippen molar-refractivity contribution in [1.29, 1.82) is 0 Å². The van der Waals surface area contributed by atoms with Gasteiger partial charge < -0.3 is 30.9 Å². The van der Waals surface area contributed by atoms with Gasteiger partial charge in [-0.15, -0.1) is 0 Å². The van der Waals surface area contributed by atoms with Crippen molar-refractivity contribution in [2.75, 3.05) is 68.3 Å². The summed E-state index contributed by atoms with van der Waals surface area (Å²) in [6.07, 6.45) is 1.59. The lowest BCUT2D eigenvalue weighted by atomic mass is 9.99. The zero-order chi connectivity index (χ0) is 58.6. The van der Waals surface area contributed by atoms with Crippen LogP contribution in [0.5, 0.6) is 0 Å². The highest BCUT2D eigenvalue weighted by atomic mass is 19.1. The molecule has 20 heteroatoms. The van der Waals surface area contributed by atoms with Crippen LogP contribution < -0.4 is 27.1 Å². The summed E-state index contributed by atoms with van der Waals surface area (Å²) < 4.78 is 61.6. The molecule has 0 bridgehead atoms. The summed E-state index contributed by atoms with van der Waals surface area (Å²) >= 11 is 0. The molecule has 0 aliphatic rings. The Bertz CT molecular complexity index is 3870. The van der Waals surface area contributed by atoms with E-state index in [1.165, 1.54) is 42.5 Å². The molecule has 1 amide bonds. The SMILES string of the molecule is CCN(CC)CCCNc1nc(-c2cc(C(=O)Nc3ccccc3)ccc2C)c2ccc(=O)n(-c3c(F)cccc3F)c2n1.CCN(CC)CCCNc1nc(-c2cc(C(=O)O)ccc2C)c2ccc(=O)n(-c3c(F)cccc3F)c2n1. The number of hydrogen-bond donors (Lipinski definition) is 4. The van der Waals surface area contributed by atoms with E-state index in [1.807, 2.05) is 31.2 Å². The number of carbonyl (C=O) groups excluding carboxylic acids is 1. The Hall–Kier alpha value is -9.14. The van der Waals surface area contributed by atoms with Crippen molar-refractivity contribution in [3.63, 3.8) is 0 Å². The maximum Gasteiger partial charge on any atom is 0.335 e. The molecule has 4 N–H and O–H groups in total. The van der Waals surface area contributed by atoms with E-state index in [1.54, 1.807) is 43.3 Å². The van der Waals surface area contributed by atoms with Gasteiger partial charge in [0.1, 0.15) is 34.6 Å². The standard InChI is InChI=1S/C34H34F2N6O2.C28H29F2N5O3/c1-4-41(5-2)20-10-19-37-34-39-30(26-21-23(16-15-22(26)3)33(44)38-24-11-7-6-8-12-24)25-17-18-29(43)42(32(25)40-34)31-27(35)13-9-14-28(31)36;1-4-34(5-2)15-7-14-31-28-32-24(20-16-18(27(37)38)11-10-17(20)3)19-12-13-23(36)35(26(19)33-28)25-21(29)8-6-9-22(25)30/h6-9,11-18,21H,4-5,10,19-20H2,1-3H3,(H,38,44)(H,37,39,40);6,8-13,16H,4-5,7,14-15H2,1-3H3,(H,37,38)(H,31,32,33). The van der Waals surface area contributed by atoms with Crippen LogP contribution in [-0.4, -0.2) is 108 Å². The second-order valence-corrected chi connectivity index (χ2v) is 19.2. The molecular formula is C62H63F4N11O5. The van der Waals surface area contributed by atoms with E-state index >= 15 is 8.78 Å². The average Bonchev–Trinajstić information content (AvgIpc) is 3.65. The quantitative estimate of drug-likeness (QED) is 0.0393. The van der Waals surface area contributed by atoms with Crippen molar-refractivity contribution in [3.05, 3.63) is 194 Å². The van der Waals surface area contributed by atoms with Crippen molar-refractivity contribution in [2.24, 2.45) is 0 Å². The van der Waals surface area contributed by atoms with Crippen LogP contribution in [0.15, 0.2) is 137 Å². The number of anilines is 3. The summed E-state index contributed by atoms with van der Waals surface area (Å²) in [5.74, 6) is -4.70. The molecule has 0 spiro atoms. The second-order valence-electron chi connectivity index (χ2n) is 19.2. The molecule has 16 nitrogen and oxygen atoms in total. The molecule has 4 aromatic heterocycles. The van der Waals surface area contributed by atoms with Crippen molar-refractivity contribution < 1.29 is 32.3 Å². The minimum absolute atomic E-state index is 0.00197. The molecule has 0 saturated carbocycles. The number of aryl methyl sites for hydroxylation is 2. The summed E-state index contributed by atoms with van der Waals surface area (Å²) in [4.78, 5) is 74.2. The minimum Gasteiger partial charge on any atom is -0.478 e. The number of rotatable bonds is 21. The molecule has 424 valence electrons. The summed E-state index contributed by atoms with van der Waals surface area (Å²) in [6, 6.07) is 31.2. The van der Waals surface area contributed by atoms with Gasteiger partial charge in [-0.1, -0.05) is 70.2 Å². The fourth-order valence-electron chi connectivity index (χ4n) is 9.47. The molecule has 0 atom stereocenters. The van der Waals surface area contributed by atoms with Crippen molar-refractivity contribution >= 4 is 51.5 Å². The fraction of sp³-hybridized carbons (Fsp3) is 0.258. The van der Waals surface area contributed by atoms with Crippen molar-refractivity contribution in [2.45, 2.75) is 54.4 Å². The molecule has 0 saturated heterocycles. The number of nitrogens with one attached hydrogen (secondary N) is 3. The van der Waals surface area contributed by atoms with Gasteiger partial charge >= 0.3 is 5.97 Å². The third-order valence-corrected chi connectivity index (χ3v) is 14.0. The number of hydrogen-bond acceptors (Lipinski definition) is 12. The van der Waals surface area contributed by atoms with Crippen molar-refractivity contribution in [1.82, 2.24) is 38.9 Å². The smallest absolute Gasteiger partial charge is 0.335 e. The molecule has 9 rings (SSSR count). The van der Waals surface area contributed by atoms with Gasteiger partial charge in [0.2, 0.25) is 11.9 Å². The third-order valence-electron chi connectivity index (χ3n) is 14.0. The minimum atomic E-state index is -1.11. The number of aromatic carboxylic acids is 1. The second kappa shape index (κ2) is 26.9. The number of fused-ring (bicyclic) bond motifs is 2. The molecule has 9 aromatic rings. The molecular weight excluding hydrogens is 1050 g/mol. The van der Waals surface area contributed by atoms with Crippen LogP contribution in [0.1, 0.15) is 72.4 Å². The molecule has 0 fully saturated rings. The van der Waals surface area contributed by atoms with E-state index in [4.69, 9.17) is 4.98 Å². The highest BCUT2D eigenvalue weighted by molar-refractivity contribution is 6.06. The third kappa shape index (κ3) is 13.4. The Labute approximate surface area is 471 Å². The van der Waals surface area contributed by atoms with Crippen LogP contribution in [0.3, 0.4) is 0 Å². The number of carboxylic acids is 1. The molecule has 0 aliphatic heterocycles. The number of carboxylic acid groups (broad SMARTS) is 1. The zero-order valence-electron chi connectivity index (χ0n) is 46.4. The molecule has 0 aliphatic carbocycles. The van der Waals surface area contributed by atoms with Gasteiger partial charge in [0.25, 0.3) is 17.0 Å². The van der Waals surface area contributed by atoms with Crippen LogP contribution in [0, 0.1) is 37.1 Å². The lowest BCUT2D eigenvalue weighted by Crippen LogP contribution is -2.25. The fourth-order valence-corrected chi connectivity index (χ4v) is 9.47. The Balaban J connectivity index is 0.000000217. The van der Waals surface area contributed by atoms with E-state index < -0.39 is 51.7 Å². The first-order chi connectivity index (χ1) is 39.5. The number of aromatic nitrogens is 6. The molecule has 5 aromatic carbocycles. The monoisotopic (exact) mass is 1120 g/mol. The number of pyridine rings is 2. The number of nitrogens with zero attached hydrogens (tertiary/aromatic N) is 8. The summed E-state index contributed by atoms with van der Waals surface area (Å²) in [7, 11) is 0. The van der Waals surface area contributed by atoms with E-state index in [-0.39, 0.29) is 34.7 Å². The normalized spacial score (nSPS) is 11.3. The van der Waals surface area contributed by atoms with Gasteiger partial charge in [-0.2, -0.15) is 9.97 Å². The number of benzene rings is 5. The highest BCUT2D eigenvalue weighted by Gasteiger charge is 2.24. The first-order valence-electron chi connectivity index (χ1n) is 27.1. The first-order valence-corrected chi connectivity index (χ1v) is 27.1. The maximum absolute atomic E-state index is 15.0. The van der Waals surface area contributed by atoms with E-state index in [2.05, 4.69) is 68.4 Å². The Morgan fingerprint density at radius 2 is 0.939 bits per heavy atom. The van der Waals surface area contributed by atoms with Crippen LogP contribution >= 0.6 is 0 Å². The lowest BCUT2D eigenvalue weighted by molar-refractivity contribution is 0.0696. The Kier molecular flexibility index (Phi) is 19.3. The Morgan fingerprint density at radius 3 is 1.35 bits per heavy atom. The van der Waals surface area contributed by atoms with E-state index in [0.29, 0.717) is 57.6 Å². The van der Waals surface area contributed by atoms with Gasteiger partial charge in [0, 0.05) is 58.4 Å². The van der Waals surface area contributed by atoms with Crippen LogP contribution in [0.4, 0.5) is 35.1 Å². The summed E-state index contributed by atoms with van der Waals surface area (Å²) in [6.45, 7) is 18.5. The van der Waals surface area contributed by atoms with E-state index in [9.17, 15) is 33.1 Å². The number of carbonyl (C=O) groups is 2. The average molecular weight is 1120 g/mol. The van der Waals surface area contributed by atoms with Crippen LogP contribution in [0.25, 0.3) is 56.0 Å². The summed E-state index contributed by atoms with van der Waals surface area (Å²) in [5, 5.41) is 19.6. The predicted molar refractivity (Wildman–Crippen MR) is 314 cm³/mol. The van der Waals surface area contributed by atoms with Crippen LogP contribution in [0.2, 0.25) is 0 Å². The van der Waals surface area contributed by atoms with Gasteiger partial charge in [-0.25, -0.2) is 32.3 Å². The number of para-hydroxylation sites is 3. The summed E-state index contributed by atoms with van der Waals surface area (Å²) in [5.41, 5.74) is 2.17. The van der Waals surface area contributed by atoms with Gasteiger partial charge in [-0.3, -0.25) is 23.5 Å². The molecule has 0 radical (unpaired) electrons.